The fraction of sp³-hybridized carbons (Fsp3) is 0.120. The van der Waals surface area contributed by atoms with Gasteiger partial charge in [0, 0.05) is 21.8 Å². The van der Waals surface area contributed by atoms with Crippen molar-refractivity contribution in [2.75, 3.05) is 12.1 Å². The van der Waals surface area contributed by atoms with Gasteiger partial charge in [0.25, 0.3) is 0 Å². The van der Waals surface area contributed by atoms with Crippen molar-refractivity contribution in [3.63, 3.8) is 0 Å². The minimum absolute atomic E-state index is 0.0972. The van der Waals surface area contributed by atoms with Crippen LogP contribution >= 0.6 is 27.3 Å². The molecule has 0 amide bonds. The highest BCUT2D eigenvalue weighted by Gasteiger charge is 2.31. The van der Waals surface area contributed by atoms with E-state index in [1.54, 1.807) is 18.4 Å². The first-order valence-corrected chi connectivity index (χ1v) is 11.7. The summed E-state index contributed by atoms with van der Waals surface area (Å²) in [5.74, 6) is 0.844. The maximum atomic E-state index is 5.31. The van der Waals surface area contributed by atoms with Crippen LogP contribution in [0.2, 0.25) is 0 Å². The van der Waals surface area contributed by atoms with E-state index in [1.165, 1.54) is 5.56 Å². The van der Waals surface area contributed by atoms with Crippen LogP contribution in [-0.4, -0.2) is 17.8 Å². The Morgan fingerprint density at radius 2 is 1.68 bits per heavy atom. The van der Waals surface area contributed by atoms with Gasteiger partial charge in [0.2, 0.25) is 5.13 Å². The molecular formula is C25H20BrN3OS. The largest absolute Gasteiger partial charge is 0.497 e. The third-order valence-corrected chi connectivity index (χ3v) is 6.70. The summed E-state index contributed by atoms with van der Waals surface area (Å²) in [5.41, 5.74) is 5.45. The van der Waals surface area contributed by atoms with Crippen molar-refractivity contribution >= 4 is 38.1 Å². The molecule has 0 saturated carbocycles. The summed E-state index contributed by atoms with van der Waals surface area (Å²) in [6.07, 6.45) is 0.814. The quantitative estimate of drug-likeness (QED) is 0.304. The number of benzene rings is 3. The summed E-state index contributed by atoms with van der Waals surface area (Å²) in [6.45, 7) is 0. The second kappa shape index (κ2) is 8.65. The van der Waals surface area contributed by atoms with E-state index in [0.29, 0.717) is 0 Å². The standard InChI is InChI=1S/C25H20BrN3OS/c1-30-21-13-9-18(10-14-21)22-15-24(19-7-11-20(26)12-8-19)29(28-22)25-27-23(16-31-25)17-5-3-2-4-6-17/h2-14,16,24H,15H2,1H3. The number of rotatable bonds is 5. The zero-order chi connectivity index (χ0) is 21.2. The SMILES string of the molecule is COc1ccc(C2=NN(c3nc(-c4ccccc4)cs3)C(c3ccc(Br)cc3)C2)cc1. The number of aromatic nitrogens is 1. The monoisotopic (exact) mass is 489 g/mol. The minimum Gasteiger partial charge on any atom is -0.497 e. The predicted molar refractivity (Wildman–Crippen MR) is 131 cm³/mol. The molecule has 0 N–H and O–H groups in total. The molecule has 2 heterocycles. The smallest absolute Gasteiger partial charge is 0.207 e. The fourth-order valence-electron chi connectivity index (χ4n) is 3.70. The number of thiazole rings is 1. The molecule has 0 aliphatic carbocycles. The van der Waals surface area contributed by atoms with E-state index < -0.39 is 0 Å². The molecule has 0 bridgehead atoms. The van der Waals surface area contributed by atoms with E-state index >= 15 is 0 Å². The fourth-order valence-corrected chi connectivity index (χ4v) is 4.80. The van der Waals surface area contributed by atoms with Crippen molar-refractivity contribution in [1.82, 2.24) is 4.98 Å². The van der Waals surface area contributed by atoms with E-state index in [4.69, 9.17) is 14.8 Å². The maximum Gasteiger partial charge on any atom is 0.207 e. The highest BCUT2D eigenvalue weighted by Crippen LogP contribution is 2.39. The second-order valence-corrected chi connectivity index (χ2v) is 9.02. The summed E-state index contributed by atoms with van der Waals surface area (Å²) in [5, 5.41) is 10.1. The van der Waals surface area contributed by atoms with Crippen molar-refractivity contribution < 1.29 is 4.74 Å². The molecule has 154 valence electrons. The number of ether oxygens (including phenoxy) is 1. The number of anilines is 1. The topological polar surface area (TPSA) is 37.7 Å². The van der Waals surface area contributed by atoms with Gasteiger partial charge >= 0.3 is 0 Å². The molecule has 5 rings (SSSR count). The van der Waals surface area contributed by atoms with Gasteiger partial charge in [0.05, 0.1) is 24.6 Å². The Labute approximate surface area is 194 Å². The Kier molecular flexibility index (Phi) is 5.57. The van der Waals surface area contributed by atoms with Gasteiger partial charge in [-0.15, -0.1) is 11.3 Å². The average Bonchev–Trinajstić information content (AvgIpc) is 3.48. The van der Waals surface area contributed by atoms with Crippen LogP contribution in [0, 0.1) is 0 Å². The highest BCUT2D eigenvalue weighted by atomic mass is 79.9. The van der Waals surface area contributed by atoms with Gasteiger partial charge in [-0.25, -0.2) is 9.99 Å². The molecule has 1 aliphatic heterocycles. The zero-order valence-corrected chi connectivity index (χ0v) is 19.3. The van der Waals surface area contributed by atoms with Crippen LogP contribution in [0.25, 0.3) is 11.3 Å². The van der Waals surface area contributed by atoms with E-state index in [0.717, 1.165) is 44.3 Å². The number of hydrazone groups is 1. The third kappa shape index (κ3) is 4.13. The molecule has 0 radical (unpaired) electrons. The Morgan fingerprint density at radius 1 is 0.935 bits per heavy atom. The normalized spacial score (nSPS) is 15.7. The Bertz CT molecular complexity index is 1200. The molecule has 0 saturated heterocycles. The van der Waals surface area contributed by atoms with Gasteiger partial charge < -0.3 is 4.74 Å². The lowest BCUT2D eigenvalue weighted by Gasteiger charge is -2.21. The second-order valence-electron chi connectivity index (χ2n) is 7.27. The van der Waals surface area contributed by atoms with Crippen molar-refractivity contribution in [1.29, 1.82) is 0 Å². The number of nitrogens with zero attached hydrogens (tertiary/aromatic N) is 3. The maximum absolute atomic E-state index is 5.31. The highest BCUT2D eigenvalue weighted by molar-refractivity contribution is 9.10. The van der Waals surface area contributed by atoms with Gasteiger partial charge in [-0.2, -0.15) is 5.10 Å². The average molecular weight is 490 g/mol. The molecule has 1 aromatic heterocycles. The van der Waals surface area contributed by atoms with Crippen LogP contribution in [0.5, 0.6) is 5.75 Å². The molecule has 1 aliphatic rings. The number of methoxy groups -OCH3 is 1. The van der Waals surface area contributed by atoms with Crippen LogP contribution in [-0.2, 0) is 0 Å². The molecule has 3 aromatic carbocycles. The summed E-state index contributed by atoms with van der Waals surface area (Å²) in [4.78, 5) is 4.92. The number of halogens is 1. The first-order chi connectivity index (χ1) is 15.2. The van der Waals surface area contributed by atoms with Crippen molar-refractivity contribution in [3.05, 3.63) is 99.8 Å². The molecule has 4 aromatic rings. The van der Waals surface area contributed by atoms with Crippen LogP contribution < -0.4 is 9.75 Å². The number of hydrogen-bond donors (Lipinski definition) is 0. The van der Waals surface area contributed by atoms with Gasteiger partial charge in [-0.1, -0.05) is 58.4 Å². The lowest BCUT2D eigenvalue weighted by atomic mass is 9.98. The lowest BCUT2D eigenvalue weighted by Crippen LogP contribution is -2.18. The first-order valence-electron chi connectivity index (χ1n) is 9.99. The summed E-state index contributed by atoms with van der Waals surface area (Å²) >= 11 is 5.17. The number of hydrogen-bond acceptors (Lipinski definition) is 5. The molecule has 1 atom stereocenters. The molecule has 0 spiro atoms. The lowest BCUT2D eigenvalue weighted by molar-refractivity contribution is 0.415. The molecule has 31 heavy (non-hydrogen) atoms. The molecule has 4 nitrogen and oxygen atoms in total. The van der Waals surface area contributed by atoms with E-state index in [-0.39, 0.29) is 6.04 Å². The van der Waals surface area contributed by atoms with E-state index in [2.05, 4.69) is 74.8 Å². The summed E-state index contributed by atoms with van der Waals surface area (Å²) in [7, 11) is 1.68. The van der Waals surface area contributed by atoms with Gasteiger partial charge in [-0.05, 0) is 47.5 Å². The van der Waals surface area contributed by atoms with E-state index in [9.17, 15) is 0 Å². The Morgan fingerprint density at radius 3 is 2.39 bits per heavy atom. The summed E-state index contributed by atoms with van der Waals surface area (Å²) in [6, 6.07) is 26.9. The van der Waals surface area contributed by atoms with Gasteiger partial charge in [0.1, 0.15) is 5.75 Å². The Hall–Kier alpha value is -2.96. The van der Waals surface area contributed by atoms with Gasteiger partial charge in [0.15, 0.2) is 0 Å². The van der Waals surface area contributed by atoms with Gasteiger partial charge in [-0.3, -0.25) is 0 Å². The molecular weight excluding hydrogens is 470 g/mol. The Balaban J connectivity index is 1.52. The van der Waals surface area contributed by atoms with Crippen LogP contribution in [0.4, 0.5) is 5.13 Å². The van der Waals surface area contributed by atoms with Crippen LogP contribution in [0.1, 0.15) is 23.6 Å². The van der Waals surface area contributed by atoms with Crippen LogP contribution in [0.15, 0.2) is 93.8 Å². The third-order valence-electron chi connectivity index (χ3n) is 5.35. The molecule has 0 fully saturated rings. The molecule has 1 unspecified atom stereocenters. The summed E-state index contributed by atoms with van der Waals surface area (Å²) < 4.78 is 6.37. The zero-order valence-electron chi connectivity index (χ0n) is 16.9. The first kappa shape index (κ1) is 20.0. The van der Waals surface area contributed by atoms with Crippen molar-refractivity contribution in [2.24, 2.45) is 5.10 Å². The van der Waals surface area contributed by atoms with Crippen molar-refractivity contribution in [3.8, 4) is 17.0 Å². The predicted octanol–water partition coefficient (Wildman–Crippen LogP) is 6.94. The van der Waals surface area contributed by atoms with Crippen molar-refractivity contribution in [2.45, 2.75) is 12.5 Å². The minimum atomic E-state index is 0.0972. The molecule has 6 heteroatoms. The van der Waals surface area contributed by atoms with Crippen LogP contribution in [0.3, 0.4) is 0 Å². The van der Waals surface area contributed by atoms with E-state index in [1.807, 2.05) is 30.3 Å².